The second-order valence-electron chi connectivity index (χ2n) is 5.71. The second-order valence-corrected chi connectivity index (χ2v) is 5.71. The Balaban J connectivity index is 1.45. The Morgan fingerprint density at radius 2 is 1.64 bits per heavy atom. The minimum absolute atomic E-state index is 0.817. The van der Waals surface area contributed by atoms with Gasteiger partial charge in [0.05, 0.1) is 0 Å². The van der Waals surface area contributed by atoms with Crippen molar-refractivity contribution in [2.24, 2.45) is 23.7 Å². The van der Waals surface area contributed by atoms with Crippen molar-refractivity contribution < 1.29 is 0 Å². The van der Waals surface area contributed by atoms with Crippen LogP contribution in [0.1, 0.15) is 32.1 Å². The van der Waals surface area contributed by atoms with Crippen LogP contribution in [0.15, 0.2) is 0 Å². The molecule has 0 spiro atoms. The van der Waals surface area contributed by atoms with E-state index in [-0.39, 0.29) is 0 Å². The molecule has 0 amide bonds. The van der Waals surface area contributed by atoms with Crippen LogP contribution in [-0.4, -0.2) is 24.5 Å². The van der Waals surface area contributed by atoms with Gasteiger partial charge in [-0.3, -0.25) is 0 Å². The van der Waals surface area contributed by atoms with Crippen molar-refractivity contribution in [1.82, 2.24) is 4.90 Å². The molecule has 1 heterocycles. The van der Waals surface area contributed by atoms with Crippen LogP contribution in [0.4, 0.5) is 0 Å². The van der Waals surface area contributed by atoms with Gasteiger partial charge in [0, 0.05) is 19.6 Å². The standard InChI is InChI=1S/C13H22N/c1-10-12-8-14(9-13(10)12)7-11-5-3-2-4-6-11/h10-13H,1-9H2. The summed E-state index contributed by atoms with van der Waals surface area (Å²) in [6.45, 7) is 8.33. The molecule has 2 unspecified atom stereocenters. The zero-order valence-electron chi connectivity index (χ0n) is 9.12. The molecule has 2 atom stereocenters. The first-order valence-corrected chi connectivity index (χ1v) is 6.40. The minimum atomic E-state index is 0.817. The normalized spacial score (nSPS) is 43.9. The van der Waals surface area contributed by atoms with Gasteiger partial charge in [-0.15, -0.1) is 0 Å². The summed E-state index contributed by atoms with van der Waals surface area (Å²) in [5, 5.41) is 0. The SMILES string of the molecule is [CH2]C1C2CN(CC3CCCCC3)CC12. The smallest absolute Gasteiger partial charge is 0.00159 e. The zero-order valence-corrected chi connectivity index (χ0v) is 9.12. The molecule has 1 saturated heterocycles. The number of piperidine rings is 1. The van der Waals surface area contributed by atoms with Gasteiger partial charge >= 0.3 is 0 Å². The number of hydrogen-bond donors (Lipinski definition) is 0. The summed E-state index contributed by atoms with van der Waals surface area (Å²) >= 11 is 0. The van der Waals surface area contributed by atoms with E-state index >= 15 is 0 Å². The van der Waals surface area contributed by atoms with E-state index in [0.29, 0.717) is 0 Å². The maximum atomic E-state index is 4.19. The van der Waals surface area contributed by atoms with Crippen molar-refractivity contribution >= 4 is 0 Å². The summed E-state index contributed by atoms with van der Waals surface area (Å²) in [4.78, 5) is 2.72. The topological polar surface area (TPSA) is 3.24 Å². The van der Waals surface area contributed by atoms with Crippen LogP contribution in [0.25, 0.3) is 0 Å². The number of fused-ring (bicyclic) bond motifs is 1. The van der Waals surface area contributed by atoms with E-state index in [2.05, 4.69) is 11.8 Å². The van der Waals surface area contributed by atoms with Crippen LogP contribution < -0.4 is 0 Å². The average molecular weight is 192 g/mol. The molecule has 14 heavy (non-hydrogen) atoms. The van der Waals surface area contributed by atoms with Gasteiger partial charge in [0.2, 0.25) is 0 Å². The molecule has 2 aliphatic carbocycles. The first-order valence-electron chi connectivity index (χ1n) is 6.40. The van der Waals surface area contributed by atoms with Gasteiger partial charge in [0.25, 0.3) is 0 Å². The van der Waals surface area contributed by atoms with Crippen LogP contribution in [-0.2, 0) is 0 Å². The van der Waals surface area contributed by atoms with E-state index in [1.807, 2.05) is 0 Å². The maximum absolute atomic E-state index is 4.19. The molecule has 1 aliphatic heterocycles. The zero-order chi connectivity index (χ0) is 9.54. The third-order valence-corrected chi connectivity index (χ3v) is 4.69. The lowest BCUT2D eigenvalue weighted by molar-refractivity contribution is 0.212. The molecule has 79 valence electrons. The molecule has 3 fully saturated rings. The molecule has 0 bridgehead atoms. The number of rotatable bonds is 2. The molecule has 3 aliphatic rings. The van der Waals surface area contributed by atoms with E-state index in [9.17, 15) is 0 Å². The quantitative estimate of drug-likeness (QED) is 0.650. The van der Waals surface area contributed by atoms with E-state index in [0.717, 1.165) is 23.7 Å². The molecular weight excluding hydrogens is 170 g/mol. The predicted octanol–water partition coefficient (Wildman–Crippen LogP) is 2.58. The Bertz CT molecular complexity index is 195. The molecule has 2 saturated carbocycles. The Labute approximate surface area is 87.9 Å². The summed E-state index contributed by atoms with van der Waals surface area (Å²) in [7, 11) is 0. The highest BCUT2D eigenvalue weighted by atomic mass is 15.2. The lowest BCUT2D eigenvalue weighted by Crippen LogP contribution is -2.30. The molecule has 0 aromatic carbocycles. The van der Waals surface area contributed by atoms with Crippen molar-refractivity contribution in [3.63, 3.8) is 0 Å². The van der Waals surface area contributed by atoms with E-state index in [4.69, 9.17) is 0 Å². The fraction of sp³-hybridized carbons (Fsp3) is 0.923. The van der Waals surface area contributed by atoms with E-state index in [1.54, 1.807) is 0 Å². The van der Waals surface area contributed by atoms with Crippen LogP contribution in [0.5, 0.6) is 0 Å². The summed E-state index contributed by atoms with van der Waals surface area (Å²) in [5.74, 6) is 3.82. The van der Waals surface area contributed by atoms with Crippen LogP contribution in [0.3, 0.4) is 0 Å². The van der Waals surface area contributed by atoms with E-state index < -0.39 is 0 Å². The summed E-state index contributed by atoms with van der Waals surface area (Å²) in [6, 6.07) is 0. The average Bonchev–Trinajstić information content (AvgIpc) is 2.65. The lowest BCUT2D eigenvalue weighted by atomic mass is 9.89. The van der Waals surface area contributed by atoms with Crippen LogP contribution >= 0.6 is 0 Å². The van der Waals surface area contributed by atoms with Gasteiger partial charge in [-0.2, -0.15) is 0 Å². The van der Waals surface area contributed by atoms with Crippen LogP contribution in [0.2, 0.25) is 0 Å². The number of likely N-dealkylation sites (tertiary alicyclic amines) is 1. The maximum Gasteiger partial charge on any atom is 0.00159 e. The van der Waals surface area contributed by atoms with Gasteiger partial charge in [-0.05, 0) is 43.4 Å². The number of hydrogen-bond acceptors (Lipinski definition) is 1. The molecule has 0 N–H and O–H groups in total. The molecule has 1 nitrogen and oxygen atoms in total. The Morgan fingerprint density at radius 3 is 2.29 bits per heavy atom. The highest BCUT2D eigenvalue weighted by Gasteiger charge is 2.52. The van der Waals surface area contributed by atoms with Crippen molar-refractivity contribution in [3.05, 3.63) is 6.92 Å². The van der Waals surface area contributed by atoms with Crippen molar-refractivity contribution in [3.8, 4) is 0 Å². The van der Waals surface area contributed by atoms with Gasteiger partial charge < -0.3 is 4.90 Å². The third kappa shape index (κ3) is 1.60. The Kier molecular flexibility index (Phi) is 2.31. The summed E-state index contributed by atoms with van der Waals surface area (Å²) in [6.07, 6.45) is 7.47. The van der Waals surface area contributed by atoms with Gasteiger partial charge in [-0.1, -0.05) is 19.3 Å². The molecular formula is C13H22N. The number of nitrogens with zero attached hydrogens (tertiary/aromatic N) is 1. The molecule has 1 heteroatoms. The molecule has 3 rings (SSSR count). The second kappa shape index (κ2) is 3.52. The van der Waals surface area contributed by atoms with E-state index in [1.165, 1.54) is 51.7 Å². The van der Waals surface area contributed by atoms with Crippen molar-refractivity contribution in [2.75, 3.05) is 19.6 Å². The third-order valence-electron chi connectivity index (χ3n) is 4.69. The first-order chi connectivity index (χ1) is 6.84. The highest BCUT2D eigenvalue weighted by Crippen LogP contribution is 2.51. The molecule has 0 aromatic heterocycles. The minimum Gasteiger partial charge on any atom is -0.302 e. The van der Waals surface area contributed by atoms with Gasteiger partial charge in [-0.25, -0.2) is 0 Å². The monoisotopic (exact) mass is 192 g/mol. The highest BCUT2D eigenvalue weighted by molar-refractivity contribution is 5.06. The Hall–Kier alpha value is -0.0400. The van der Waals surface area contributed by atoms with Gasteiger partial charge in [0.15, 0.2) is 0 Å². The fourth-order valence-electron chi connectivity index (χ4n) is 3.62. The van der Waals surface area contributed by atoms with Crippen molar-refractivity contribution in [2.45, 2.75) is 32.1 Å². The largest absolute Gasteiger partial charge is 0.302 e. The van der Waals surface area contributed by atoms with Crippen molar-refractivity contribution in [1.29, 1.82) is 0 Å². The molecule has 1 radical (unpaired) electrons. The predicted molar refractivity (Wildman–Crippen MR) is 58.8 cm³/mol. The fourth-order valence-corrected chi connectivity index (χ4v) is 3.62. The summed E-state index contributed by atoms with van der Waals surface area (Å²) < 4.78 is 0. The van der Waals surface area contributed by atoms with Crippen LogP contribution in [0, 0.1) is 30.6 Å². The first kappa shape index (κ1) is 9.21. The molecule has 0 aromatic rings. The lowest BCUT2D eigenvalue weighted by Gasteiger charge is -2.27. The Morgan fingerprint density at radius 1 is 1.00 bits per heavy atom. The van der Waals surface area contributed by atoms with Gasteiger partial charge in [0.1, 0.15) is 0 Å². The summed E-state index contributed by atoms with van der Waals surface area (Å²) in [5.41, 5.74) is 0.